The van der Waals surface area contributed by atoms with E-state index >= 15 is 0 Å². The summed E-state index contributed by atoms with van der Waals surface area (Å²) in [5.41, 5.74) is 3.75. The average Bonchev–Trinajstić information content (AvgIpc) is 2.68. The van der Waals surface area contributed by atoms with Crippen molar-refractivity contribution >= 4 is 29.9 Å². The first-order valence-corrected chi connectivity index (χ1v) is 9.21. The minimum Gasteiger partial charge on any atom is -0.374 e. The topological polar surface area (TPSA) is 58.5 Å². The van der Waals surface area contributed by atoms with Gasteiger partial charge in [-0.25, -0.2) is 0 Å². The lowest BCUT2D eigenvalue weighted by Gasteiger charge is -2.15. The monoisotopic (exact) mass is 482 g/mol. The zero-order valence-electron chi connectivity index (χ0n) is 16.4. The lowest BCUT2D eigenvalue weighted by atomic mass is 10.1. The molecule has 0 fully saturated rings. The standard InChI is InChI=1S/C21H30N4O.HI/c1-17-16-23-13-10-19(17)11-14-25-21(22-3)24-12-7-15-26-18(2)20-8-5-4-6-9-20;/h4-6,8-10,13,16,18H,7,11-12,14-15H2,1-3H3,(H2,22,24,25);1H. The molecule has 1 atom stereocenters. The number of benzene rings is 1. The Morgan fingerprint density at radius 1 is 1.15 bits per heavy atom. The summed E-state index contributed by atoms with van der Waals surface area (Å²) in [6, 6.07) is 12.4. The van der Waals surface area contributed by atoms with Crippen LogP contribution in [-0.2, 0) is 11.2 Å². The molecule has 0 radical (unpaired) electrons. The van der Waals surface area contributed by atoms with E-state index in [1.165, 1.54) is 16.7 Å². The largest absolute Gasteiger partial charge is 0.374 e. The Morgan fingerprint density at radius 2 is 1.89 bits per heavy atom. The number of rotatable bonds is 9. The van der Waals surface area contributed by atoms with E-state index in [1.807, 2.05) is 30.6 Å². The zero-order valence-corrected chi connectivity index (χ0v) is 18.8. The summed E-state index contributed by atoms with van der Waals surface area (Å²) in [7, 11) is 1.79. The molecule has 0 aliphatic rings. The number of halogens is 1. The van der Waals surface area contributed by atoms with E-state index in [9.17, 15) is 0 Å². The normalized spacial score (nSPS) is 12.2. The van der Waals surface area contributed by atoms with Gasteiger partial charge in [0.1, 0.15) is 0 Å². The minimum atomic E-state index is 0. The quantitative estimate of drug-likeness (QED) is 0.247. The molecule has 0 aliphatic carbocycles. The fraction of sp³-hybridized carbons (Fsp3) is 0.429. The molecule has 0 amide bonds. The molecule has 27 heavy (non-hydrogen) atoms. The van der Waals surface area contributed by atoms with Crippen LogP contribution < -0.4 is 10.6 Å². The summed E-state index contributed by atoms with van der Waals surface area (Å²) in [5.74, 6) is 0.827. The third kappa shape index (κ3) is 8.71. The predicted molar refractivity (Wildman–Crippen MR) is 123 cm³/mol. The maximum absolute atomic E-state index is 5.89. The summed E-state index contributed by atoms with van der Waals surface area (Å²) in [4.78, 5) is 8.39. The van der Waals surface area contributed by atoms with Crippen LogP contribution in [0.15, 0.2) is 53.8 Å². The van der Waals surface area contributed by atoms with Crippen LogP contribution in [-0.4, -0.2) is 37.7 Å². The predicted octanol–water partition coefficient (Wildman–Crippen LogP) is 3.88. The highest BCUT2D eigenvalue weighted by Crippen LogP contribution is 2.15. The van der Waals surface area contributed by atoms with Crippen LogP contribution in [0, 0.1) is 6.92 Å². The van der Waals surface area contributed by atoms with Crippen molar-refractivity contribution in [2.45, 2.75) is 32.8 Å². The molecule has 1 aromatic carbocycles. The van der Waals surface area contributed by atoms with Gasteiger partial charge in [0.25, 0.3) is 0 Å². The van der Waals surface area contributed by atoms with Crippen LogP contribution in [0.25, 0.3) is 0 Å². The molecule has 2 N–H and O–H groups in total. The Hall–Kier alpha value is -1.67. The van der Waals surface area contributed by atoms with E-state index in [1.54, 1.807) is 7.05 Å². The van der Waals surface area contributed by atoms with Crippen molar-refractivity contribution in [1.29, 1.82) is 0 Å². The second-order valence-corrected chi connectivity index (χ2v) is 6.26. The SMILES string of the molecule is CN=C(NCCCOC(C)c1ccccc1)NCCc1ccncc1C.I. The maximum Gasteiger partial charge on any atom is 0.190 e. The summed E-state index contributed by atoms with van der Waals surface area (Å²) < 4.78 is 5.89. The second-order valence-electron chi connectivity index (χ2n) is 6.26. The highest BCUT2D eigenvalue weighted by molar-refractivity contribution is 14.0. The summed E-state index contributed by atoms with van der Waals surface area (Å²) in [5, 5.41) is 6.68. The molecule has 2 rings (SSSR count). The van der Waals surface area contributed by atoms with Crippen LogP contribution in [0.1, 0.15) is 36.1 Å². The lowest BCUT2D eigenvalue weighted by Crippen LogP contribution is -2.39. The summed E-state index contributed by atoms with van der Waals surface area (Å²) in [6.45, 7) is 6.56. The van der Waals surface area contributed by atoms with Crippen molar-refractivity contribution < 1.29 is 4.74 Å². The number of guanidine groups is 1. The van der Waals surface area contributed by atoms with Crippen molar-refractivity contribution in [3.05, 3.63) is 65.5 Å². The van der Waals surface area contributed by atoms with Gasteiger partial charge in [-0.1, -0.05) is 30.3 Å². The van der Waals surface area contributed by atoms with Gasteiger partial charge < -0.3 is 15.4 Å². The van der Waals surface area contributed by atoms with Gasteiger partial charge in [-0.2, -0.15) is 0 Å². The molecule has 0 saturated carbocycles. The maximum atomic E-state index is 5.89. The second kappa shape index (κ2) is 13.5. The Labute approximate surface area is 180 Å². The van der Waals surface area contributed by atoms with E-state index in [-0.39, 0.29) is 30.1 Å². The van der Waals surface area contributed by atoms with Crippen LogP contribution in [0.5, 0.6) is 0 Å². The number of aromatic nitrogens is 1. The van der Waals surface area contributed by atoms with Gasteiger partial charge in [-0.15, -0.1) is 24.0 Å². The van der Waals surface area contributed by atoms with Crippen molar-refractivity contribution in [2.75, 3.05) is 26.7 Å². The Morgan fingerprint density at radius 3 is 2.59 bits per heavy atom. The molecular formula is C21H31IN4O. The fourth-order valence-corrected chi connectivity index (χ4v) is 2.68. The van der Waals surface area contributed by atoms with Crippen molar-refractivity contribution in [1.82, 2.24) is 15.6 Å². The first-order valence-electron chi connectivity index (χ1n) is 9.21. The number of nitrogens with zero attached hydrogens (tertiary/aromatic N) is 2. The molecule has 5 nitrogen and oxygen atoms in total. The molecule has 2 aromatic rings. The summed E-state index contributed by atoms with van der Waals surface area (Å²) >= 11 is 0. The Balaban J connectivity index is 0.00000364. The van der Waals surface area contributed by atoms with Crippen molar-refractivity contribution in [2.24, 2.45) is 4.99 Å². The van der Waals surface area contributed by atoms with E-state index in [4.69, 9.17) is 4.74 Å². The summed E-state index contributed by atoms with van der Waals surface area (Å²) in [6.07, 6.45) is 5.75. The number of hydrogen-bond acceptors (Lipinski definition) is 3. The van der Waals surface area contributed by atoms with Crippen LogP contribution >= 0.6 is 24.0 Å². The number of pyridine rings is 1. The number of aliphatic imine (C=N–C) groups is 1. The molecule has 1 aromatic heterocycles. The molecule has 0 spiro atoms. The first kappa shape index (κ1) is 23.4. The number of nitrogens with one attached hydrogen (secondary N) is 2. The smallest absolute Gasteiger partial charge is 0.190 e. The highest BCUT2D eigenvalue weighted by atomic mass is 127. The zero-order chi connectivity index (χ0) is 18.6. The molecule has 1 heterocycles. The van der Waals surface area contributed by atoms with Gasteiger partial charge in [0, 0.05) is 39.1 Å². The van der Waals surface area contributed by atoms with Crippen LogP contribution in [0.2, 0.25) is 0 Å². The number of aryl methyl sites for hydroxylation is 1. The Bertz CT molecular complexity index is 679. The van der Waals surface area contributed by atoms with Crippen LogP contribution in [0.3, 0.4) is 0 Å². The van der Waals surface area contributed by atoms with Gasteiger partial charge in [0.05, 0.1) is 6.10 Å². The van der Waals surface area contributed by atoms with Crippen molar-refractivity contribution in [3.8, 4) is 0 Å². The molecule has 0 saturated heterocycles. The fourth-order valence-electron chi connectivity index (χ4n) is 2.68. The first-order chi connectivity index (χ1) is 12.7. The van der Waals surface area contributed by atoms with Gasteiger partial charge in [0.2, 0.25) is 0 Å². The lowest BCUT2D eigenvalue weighted by molar-refractivity contribution is 0.0646. The molecule has 6 heteroatoms. The molecule has 0 bridgehead atoms. The number of ether oxygens (including phenoxy) is 1. The molecule has 1 unspecified atom stereocenters. The van der Waals surface area contributed by atoms with E-state index in [0.29, 0.717) is 0 Å². The van der Waals surface area contributed by atoms with Crippen LogP contribution in [0.4, 0.5) is 0 Å². The minimum absolute atomic E-state index is 0. The third-order valence-electron chi connectivity index (χ3n) is 4.30. The van der Waals surface area contributed by atoms with Gasteiger partial charge in [-0.05, 0) is 49.4 Å². The third-order valence-corrected chi connectivity index (χ3v) is 4.30. The Kier molecular flexibility index (Phi) is 11.7. The van der Waals surface area contributed by atoms with Gasteiger partial charge in [-0.3, -0.25) is 9.98 Å². The van der Waals surface area contributed by atoms with Gasteiger partial charge in [0.15, 0.2) is 5.96 Å². The molecule has 148 valence electrons. The van der Waals surface area contributed by atoms with E-state index in [0.717, 1.165) is 38.5 Å². The highest BCUT2D eigenvalue weighted by Gasteiger charge is 2.04. The van der Waals surface area contributed by atoms with E-state index in [2.05, 4.69) is 52.7 Å². The van der Waals surface area contributed by atoms with E-state index < -0.39 is 0 Å². The average molecular weight is 482 g/mol. The molecule has 0 aliphatic heterocycles. The van der Waals surface area contributed by atoms with Gasteiger partial charge >= 0.3 is 0 Å². The molecular weight excluding hydrogens is 451 g/mol. The van der Waals surface area contributed by atoms with Crippen molar-refractivity contribution in [3.63, 3.8) is 0 Å². The number of hydrogen-bond donors (Lipinski definition) is 2.